The van der Waals surface area contributed by atoms with Gasteiger partial charge in [0.15, 0.2) is 5.69 Å². The highest BCUT2D eigenvalue weighted by molar-refractivity contribution is 7.09. The predicted molar refractivity (Wildman–Crippen MR) is 50.9 cm³/mol. The second-order valence-corrected chi connectivity index (χ2v) is 3.38. The van der Waals surface area contributed by atoms with Crippen molar-refractivity contribution in [1.82, 2.24) is 19.6 Å². The summed E-state index contributed by atoms with van der Waals surface area (Å²) in [5, 5.41) is 3.93. The lowest BCUT2D eigenvalue weighted by atomic mass is 10.3. The molecular formula is C8H4N4O2S. The first kappa shape index (κ1) is 8.30. The molecule has 7 heteroatoms. The van der Waals surface area contributed by atoms with Crippen LogP contribution in [0.3, 0.4) is 0 Å². The molecule has 0 atom stereocenters. The Morgan fingerprint density at radius 1 is 1.00 bits per heavy atom. The Bertz CT molecular complexity index is 494. The number of aromatic nitrogens is 4. The van der Waals surface area contributed by atoms with Crippen LogP contribution in [0.4, 0.5) is 0 Å². The first-order valence-corrected chi connectivity index (χ1v) is 4.84. The van der Waals surface area contributed by atoms with Crippen molar-refractivity contribution in [2.75, 3.05) is 0 Å². The van der Waals surface area contributed by atoms with Crippen LogP contribution in [0.2, 0.25) is 0 Å². The van der Waals surface area contributed by atoms with Gasteiger partial charge in [0.05, 0.1) is 12.4 Å². The number of rotatable bonds is 2. The van der Waals surface area contributed by atoms with Crippen LogP contribution in [0.25, 0.3) is 22.4 Å². The van der Waals surface area contributed by atoms with Crippen LogP contribution in [0, 0.1) is 0 Å². The van der Waals surface area contributed by atoms with Gasteiger partial charge in [-0.2, -0.15) is 0 Å². The van der Waals surface area contributed by atoms with E-state index < -0.39 is 0 Å². The first-order chi connectivity index (χ1) is 7.45. The summed E-state index contributed by atoms with van der Waals surface area (Å²) >= 11 is 1.19. The van der Waals surface area contributed by atoms with Gasteiger partial charge in [-0.3, -0.25) is 0 Å². The standard InChI is InChI=1S/C8H4N4O2S/c1-3-13-7(9-1)5-6(15-12-11-5)8-10-2-4-14-8/h1-4H. The molecule has 74 valence electrons. The summed E-state index contributed by atoms with van der Waals surface area (Å²) in [5.74, 6) is 0.884. The minimum absolute atomic E-state index is 0.414. The summed E-state index contributed by atoms with van der Waals surface area (Å²) in [6.07, 6.45) is 6.09. The Kier molecular flexibility index (Phi) is 1.82. The van der Waals surface area contributed by atoms with Gasteiger partial charge in [-0.25, -0.2) is 9.97 Å². The third-order valence-electron chi connectivity index (χ3n) is 1.75. The molecule has 0 aliphatic heterocycles. The second kappa shape index (κ2) is 3.28. The van der Waals surface area contributed by atoms with Crippen LogP contribution in [0.1, 0.15) is 0 Å². The quantitative estimate of drug-likeness (QED) is 0.655. The molecule has 0 aliphatic rings. The molecule has 0 spiro atoms. The largest absolute Gasteiger partial charge is 0.444 e. The number of hydrogen-bond donors (Lipinski definition) is 0. The Morgan fingerprint density at radius 3 is 2.40 bits per heavy atom. The van der Waals surface area contributed by atoms with E-state index in [9.17, 15) is 0 Å². The second-order valence-electron chi connectivity index (χ2n) is 2.63. The molecule has 3 heterocycles. The zero-order valence-corrected chi connectivity index (χ0v) is 8.14. The van der Waals surface area contributed by atoms with Crippen molar-refractivity contribution in [3.63, 3.8) is 0 Å². The third kappa shape index (κ3) is 1.33. The Morgan fingerprint density at radius 2 is 1.73 bits per heavy atom. The van der Waals surface area contributed by atoms with Gasteiger partial charge in [-0.15, -0.1) is 5.10 Å². The SMILES string of the molecule is c1coc(-c2nnsc2-c2ncco2)n1. The predicted octanol–water partition coefficient (Wildman–Crippen LogP) is 1.85. The molecule has 0 saturated heterocycles. The molecule has 0 saturated carbocycles. The van der Waals surface area contributed by atoms with E-state index in [0.717, 1.165) is 0 Å². The van der Waals surface area contributed by atoms with Crippen molar-refractivity contribution >= 4 is 11.5 Å². The van der Waals surface area contributed by atoms with E-state index >= 15 is 0 Å². The summed E-state index contributed by atoms with van der Waals surface area (Å²) in [5.41, 5.74) is 0.549. The molecule has 0 bridgehead atoms. The van der Waals surface area contributed by atoms with Crippen LogP contribution < -0.4 is 0 Å². The molecule has 0 fully saturated rings. The molecule has 0 aromatic carbocycles. The summed E-state index contributed by atoms with van der Waals surface area (Å²) in [4.78, 5) is 8.73. The molecule has 0 aliphatic carbocycles. The van der Waals surface area contributed by atoms with E-state index in [2.05, 4.69) is 19.6 Å². The molecule has 0 unspecified atom stereocenters. The van der Waals surface area contributed by atoms with Gasteiger partial charge in [0.1, 0.15) is 17.4 Å². The van der Waals surface area contributed by atoms with Gasteiger partial charge in [0, 0.05) is 0 Å². The summed E-state index contributed by atoms with van der Waals surface area (Å²) < 4.78 is 14.1. The zero-order chi connectivity index (χ0) is 10.1. The maximum atomic E-state index is 5.17. The van der Waals surface area contributed by atoms with Crippen LogP contribution in [0.5, 0.6) is 0 Å². The van der Waals surface area contributed by atoms with Gasteiger partial charge >= 0.3 is 0 Å². The number of oxazole rings is 2. The van der Waals surface area contributed by atoms with Crippen molar-refractivity contribution in [2.45, 2.75) is 0 Å². The monoisotopic (exact) mass is 220 g/mol. The van der Waals surface area contributed by atoms with Gasteiger partial charge in [-0.05, 0) is 11.5 Å². The van der Waals surface area contributed by atoms with E-state index in [1.165, 1.54) is 24.1 Å². The lowest BCUT2D eigenvalue weighted by Gasteiger charge is -1.90. The Labute approximate surface area is 87.8 Å². The molecule has 0 amide bonds. The van der Waals surface area contributed by atoms with E-state index in [1.54, 1.807) is 12.4 Å². The molecule has 6 nitrogen and oxygen atoms in total. The van der Waals surface area contributed by atoms with E-state index in [1.807, 2.05) is 0 Å². The smallest absolute Gasteiger partial charge is 0.248 e. The van der Waals surface area contributed by atoms with Crippen LogP contribution >= 0.6 is 11.5 Å². The Hall–Kier alpha value is -2.02. The molecule has 3 aromatic rings. The fourth-order valence-corrected chi connectivity index (χ4v) is 1.74. The lowest BCUT2D eigenvalue weighted by molar-refractivity contribution is 0.566. The average Bonchev–Trinajstić information content (AvgIpc) is 3.01. The molecule has 15 heavy (non-hydrogen) atoms. The lowest BCUT2D eigenvalue weighted by Crippen LogP contribution is -1.81. The van der Waals surface area contributed by atoms with Crippen molar-refractivity contribution < 1.29 is 8.83 Å². The average molecular weight is 220 g/mol. The fraction of sp³-hybridized carbons (Fsp3) is 0. The Balaban J connectivity index is 2.15. The van der Waals surface area contributed by atoms with Gasteiger partial charge in [0.2, 0.25) is 11.8 Å². The maximum absolute atomic E-state index is 5.17. The van der Waals surface area contributed by atoms with Gasteiger partial charge in [-0.1, -0.05) is 4.49 Å². The van der Waals surface area contributed by atoms with E-state index in [-0.39, 0.29) is 0 Å². The molecule has 3 aromatic heterocycles. The minimum Gasteiger partial charge on any atom is -0.444 e. The first-order valence-electron chi connectivity index (χ1n) is 4.07. The highest BCUT2D eigenvalue weighted by Gasteiger charge is 2.18. The zero-order valence-electron chi connectivity index (χ0n) is 7.32. The van der Waals surface area contributed by atoms with E-state index in [0.29, 0.717) is 22.4 Å². The number of nitrogens with zero attached hydrogens (tertiary/aromatic N) is 4. The molecule has 0 radical (unpaired) electrons. The van der Waals surface area contributed by atoms with Crippen LogP contribution in [-0.2, 0) is 0 Å². The summed E-state index contributed by atoms with van der Waals surface area (Å²) in [6.45, 7) is 0. The van der Waals surface area contributed by atoms with E-state index in [4.69, 9.17) is 8.83 Å². The maximum Gasteiger partial charge on any atom is 0.248 e. The fourth-order valence-electron chi connectivity index (χ4n) is 1.15. The molecule has 0 N–H and O–H groups in total. The van der Waals surface area contributed by atoms with Crippen molar-refractivity contribution in [1.29, 1.82) is 0 Å². The molecular weight excluding hydrogens is 216 g/mol. The number of hydrogen-bond acceptors (Lipinski definition) is 7. The normalized spacial score (nSPS) is 10.7. The minimum atomic E-state index is 0.414. The topological polar surface area (TPSA) is 77.8 Å². The van der Waals surface area contributed by atoms with Crippen LogP contribution in [0.15, 0.2) is 33.8 Å². The third-order valence-corrected chi connectivity index (χ3v) is 2.46. The van der Waals surface area contributed by atoms with Crippen molar-refractivity contribution in [3.8, 4) is 22.4 Å². The van der Waals surface area contributed by atoms with Gasteiger partial charge in [0.25, 0.3) is 0 Å². The molecule has 3 rings (SSSR count). The van der Waals surface area contributed by atoms with Crippen LogP contribution in [-0.4, -0.2) is 19.6 Å². The van der Waals surface area contributed by atoms with Gasteiger partial charge < -0.3 is 8.83 Å². The summed E-state index contributed by atoms with van der Waals surface area (Å²) in [6, 6.07) is 0. The highest BCUT2D eigenvalue weighted by atomic mass is 32.1. The van der Waals surface area contributed by atoms with Crippen molar-refractivity contribution in [3.05, 3.63) is 24.9 Å². The van der Waals surface area contributed by atoms with Crippen molar-refractivity contribution in [2.24, 2.45) is 0 Å². The highest BCUT2D eigenvalue weighted by Crippen LogP contribution is 2.30. The summed E-state index contributed by atoms with van der Waals surface area (Å²) in [7, 11) is 0.